The standard InChI is InChI=1S/C15H19ClN2OS/c16-12-6-4-5-11(9-12)14(19)10-17-15(20)18-13-7-2-1-3-8-13/h4-6,9,13H,1-3,7-8,10H2,(H2,17,18,20). The Hall–Kier alpha value is -1.13. The molecular weight excluding hydrogens is 292 g/mol. The van der Waals surface area contributed by atoms with Gasteiger partial charge in [0.25, 0.3) is 0 Å². The van der Waals surface area contributed by atoms with Crippen molar-refractivity contribution < 1.29 is 4.79 Å². The topological polar surface area (TPSA) is 41.1 Å². The lowest BCUT2D eigenvalue weighted by molar-refractivity contribution is 0.0996. The van der Waals surface area contributed by atoms with Crippen molar-refractivity contribution in [1.29, 1.82) is 0 Å². The van der Waals surface area contributed by atoms with Gasteiger partial charge >= 0.3 is 0 Å². The lowest BCUT2D eigenvalue weighted by atomic mass is 9.96. The van der Waals surface area contributed by atoms with Gasteiger partial charge in [-0.2, -0.15) is 0 Å². The van der Waals surface area contributed by atoms with Crippen LogP contribution in [-0.2, 0) is 0 Å². The number of halogens is 1. The molecule has 0 amide bonds. The highest BCUT2D eigenvalue weighted by molar-refractivity contribution is 7.80. The summed E-state index contributed by atoms with van der Waals surface area (Å²) >= 11 is 11.1. The zero-order valence-corrected chi connectivity index (χ0v) is 12.9. The van der Waals surface area contributed by atoms with Gasteiger partial charge in [0.05, 0.1) is 6.54 Å². The summed E-state index contributed by atoms with van der Waals surface area (Å²) in [6, 6.07) is 7.40. The first-order chi connectivity index (χ1) is 9.65. The first kappa shape index (κ1) is 15.3. The second-order valence-electron chi connectivity index (χ2n) is 5.10. The molecule has 0 aliphatic heterocycles. The number of carbonyl (C=O) groups is 1. The van der Waals surface area contributed by atoms with Gasteiger partial charge in [0.1, 0.15) is 0 Å². The minimum atomic E-state index is -0.0136. The highest BCUT2D eigenvalue weighted by Gasteiger charge is 2.14. The second kappa shape index (κ2) is 7.60. The van der Waals surface area contributed by atoms with Gasteiger partial charge < -0.3 is 10.6 Å². The van der Waals surface area contributed by atoms with Crippen LogP contribution >= 0.6 is 23.8 Å². The summed E-state index contributed by atoms with van der Waals surface area (Å²) in [5, 5.41) is 7.39. The molecule has 2 N–H and O–H groups in total. The predicted molar refractivity (Wildman–Crippen MR) is 86.4 cm³/mol. The number of thiocarbonyl (C=S) groups is 1. The van der Waals surface area contributed by atoms with Crippen LogP contribution in [-0.4, -0.2) is 23.5 Å². The highest BCUT2D eigenvalue weighted by Crippen LogP contribution is 2.17. The van der Waals surface area contributed by atoms with Gasteiger partial charge in [0.2, 0.25) is 0 Å². The molecule has 0 heterocycles. The molecule has 0 bridgehead atoms. The Morgan fingerprint density at radius 2 is 2.05 bits per heavy atom. The molecular formula is C15H19ClN2OS. The van der Waals surface area contributed by atoms with Crippen molar-refractivity contribution in [2.24, 2.45) is 0 Å². The lowest BCUT2D eigenvalue weighted by Crippen LogP contribution is -2.44. The minimum absolute atomic E-state index is 0.0136. The first-order valence-electron chi connectivity index (χ1n) is 6.98. The van der Waals surface area contributed by atoms with Crippen LogP contribution in [0.4, 0.5) is 0 Å². The van der Waals surface area contributed by atoms with E-state index in [9.17, 15) is 4.79 Å². The van der Waals surface area contributed by atoms with Crippen LogP contribution in [0.2, 0.25) is 5.02 Å². The molecule has 0 spiro atoms. The number of benzene rings is 1. The van der Waals surface area contributed by atoms with Crippen molar-refractivity contribution in [2.45, 2.75) is 38.1 Å². The molecule has 1 aliphatic rings. The van der Waals surface area contributed by atoms with Crippen molar-refractivity contribution in [3.05, 3.63) is 34.9 Å². The predicted octanol–water partition coefficient (Wildman–Crippen LogP) is 3.32. The maximum absolute atomic E-state index is 12.0. The molecule has 20 heavy (non-hydrogen) atoms. The summed E-state index contributed by atoms with van der Waals surface area (Å²) < 4.78 is 0. The third-order valence-corrected chi connectivity index (χ3v) is 3.99. The van der Waals surface area contributed by atoms with Gasteiger partial charge in [-0.1, -0.05) is 43.0 Å². The van der Waals surface area contributed by atoms with Gasteiger partial charge in [-0.15, -0.1) is 0 Å². The van der Waals surface area contributed by atoms with Crippen molar-refractivity contribution in [2.75, 3.05) is 6.54 Å². The molecule has 0 saturated heterocycles. The fourth-order valence-corrected chi connectivity index (χ4v) is 2.84. The normalized spacial score (nSPS) is 15.7. The molecule has 0 radical (unpaired) electrons. The molecule has 1 aromatic rings. The summed E-state index contributed by atoms with van der Waals surface area (Å²) in [7, 11) is 0. The van der Waals surface area contributed by atoms with Gasteiger partial charge in [-0.3, -0.25) is 4.79 Å². The van der Waals surface area contributed by atoms with Gasteiger partial charge in [-0.25, -0.2) is 0 Å². The number of nitrogens with one attached hydrogen (secondary N) is 2. The molecule has 1 saturated carbocycles. The number of hydrogen-bond acceptors (Lipinski definition) is 2. The van der Waals surface area contributed by atoms with E-state index in [1.54, 1.807) is 24.3 Å². The molecule has 0 atom stereocenters. The molecule has 2 rings (SSSR count). The van der Waals surface area contributed by atoms with E-state index in [-0.39, 0.29) is 12.3 Å². The van der Waals surface area contributed by atoms with E-state index in [2.05, 4.69) is 10.6 Å². The Kier molecular flexibility index (Phi) is 5.80. The molecule has 5 heteroatoms. The molecule has 0 unspecified atom stereocenters. The Balaban J connectivity index is 1.76. The Labute approximate surface area is 130 Å². The van der Waals surface area contributed by atoms with Crippen molar-refractivity contribution >= 4 is 34.7 Å². The Bertz CT molecular complexity index is 487. The average molecular weight is 311 g/mol. The van der Waals surface area contributed by atoms with Gasteiger partial charge in [-0.05, 0) is 37.2 Å². The zero-order valence-electron chi connectivity index (χ0n) is 11.3. The molecule has 0 aromatic heterocycles. The third kappa shape index (κ3) is 4.76. The molecule has 1 fully saturated rings. The van der Waals surface area contributed by atoms with Crippen LogP contribution in [0.3, 0.4) is 0 Å². The first-order valence-corrected chi connectivity index (χ1v) is 7.77. The van der Waals surface area contributed by atoms with Crippen molar-refractivity contribution in [1.82, 2.24) is 10.6 Å². The summed E-state index contributed by atoms with van der Waals surface area (Å²) in [5.41, 5.74) is 0.602. The summed E-state index contributed by atoms with van der Waals surface area (Å²) in [4.78, 5) is 12.0. The molecule has 108 valence electrons. The van der Waals surface area contributed by atoms with Crippen LogP contribution in [0, 0.1) is 0 Å². The molecule has 3 nitrogen and oxygen atoms in total. The quantitative estimate of drug-likeness (QED) is 0.661. The zero-order chi connectivity index (χ0) is 14.4. The van der Waals surface area contributed by atoms with E-state index >= 15 is 0 Å². The fourth-order valence-electron chi connectivity index (χ4n) is 2.41. The Morgan fingerprint density at radius 3 is 2.75 bits per heavy atom. The van der Waals surface area contributed by atoms with Crippen LogP contribution < -0.4 is 10.6 Å². The van der Waals surface area contributed by atoms with Crippen molar-refractivity contribution in [3.8, 4) is 0 Å². The molecule has 1 aromatic carbocycles. The number of hydrogen-bond donors (Lipinski definition) is 2. The monoisotopic (exact) mass is 310 g/mol. The van der Waals surface area contributed by atoms with Crippen LogP contribution in [0.15, 0.2) is 24.3 Å². The van der Waals surface area contributed by atoms with Crippen LogP contribution in [0.5, 0.6) is 0 Å². The largest absolute Gasteiger partial charge is 0.360 e. The van der Waals surface area contributed by atoms with Gasteiger partial charge in [0.15, 0.2) is 10.9 Å². The number of ketones is 1. The van der Waals surface area contributed by atoms with E-state index in [4.69, 9.17) is 23.8 Å². The fraction of sp³-hybridized carbons (Fsp3) is 0.467. The SMILES string of the molecule is O=C(CNC(=S)NC1CCCCC1)c1cccc(Cl)c1. The summed E-state index contributed by atoms with van der Waals surface area (Å²) in [5.74, 6) is -0.0136. The van der Waals surface area contributed by atoms with E-state index in [1.165, 1.54) is 19.3 Å². The van der Waals surface area contributed by atoms with Crippen LogP contribution in [0.25, 0.3) is 0 Å². The molecule has 1 aliphatic carbocycles. The maximum atomic E-state index is 12.0. The van der Waals surface area contributed by atoms with Gasteiger partial charge in [0, 0.05) is 16.6 Å². The number of rotatable bonds is 4. The van der Waals surface area contributed by atoms with E-state index in [1.807, 2.05) is 0 Å². The average Bonchev–Trinajstić information content (AvgIpc) is 2.46. The lowest BCUT2D eigenvalue weighted by Gasteiger charge is -2.24. The van der Waals surface area contributed by atoms with E-state index in [0.29, 0.717) is 21.7 Å². The highest BCUT2D eigenvalue weighted by atomic mass is 35.5. The maximum Gasteiger partial charge on any atom is 0.181 e. The minimum Gasteiger partial charge on any atom is -0.360 e. The summed E-state index contributed by atoms with van der Waals surface area (Å²) in [6.07, 6.45) is 6.13. The third-order valence-electron chi connectivity index (χ3n) is 3.50. The van der Waals surface area contributed by atoms with E-state index < -0.39 is 0 Å². The summed E-state index contributed by atoms with van der Waals surface area (Å²) in [6.45, 7) is 0.193. The smallest absolute Gasteiger partial charge is 0.181 e. The second-order valence-corrected chi connectivity index (χ2v) is 5.94. The van der Waals surface area contributed by atoms with Crippen LogP contribution in [0.1, 0.15) is 42.5 Å². The number of Topliss-reactive ketones (excluding diaryl/α,β-unsaturated/α-hetero) is 1. The van der Waals surface area contributed by atoms with Crippen molar-refractivity contribution in [3.63, 3.8) is 0 Å². The Morgan fingerprint density at radius 1 is 1.30 bits per heavy atom. The number of carbonyl (C=O) groups excluding carboxylic acids is 1. The van der Waals surface area contributed by atoms with E-state index in [0.717, 1.165) is 12.8 Å².